The van der Waals surface area contributed by atoms with Crippen LogP contribution >= 0.6 is 23.8 Å². The zero-order valence-corrected chi connectivity index (χ0v) is 11.8. The average molecular weight is 296 g/mol. The first-order valence-corrected chi connectivity index (χ1v) is 6.66. The van der Waals surface area contributed by atoms with E-state index in [1.54, 1.807) is 4.90 Å². The Labute approximate surface area is 121 Å². The Bertz CT molecular complexity index is 626. The first-order valence-electron chi connectivity index (χ1n) is 5.87. The maximum atomic E-state index is 13.8. The van der Waals surface area contributed by atoms with Crippen molar-refractivity contribution < 1.29 is 4.39 Å². The Balaban J connectivity index is 2.08. The van der Waals surface area contributed by atoms with E-state index in [0.717, 1.165) is 11.3 Å². The molecule has 2 aliphatic heterocycles. The van der Waals surface area contributed by atoms with E-state index in [1.807, 2.05) is 25.1 Å². The van der Waals surface area contributed by atoms with Gasteiger partial charge in [-0.3, -0.25) is 14.8 Å². The second-order valence-electron chi connectivity index (χ2n) is 4.41. The maximum absolute atomic E-state index is 13.8. The zero-order valence-electron chi connectivity index (χ0n) is 10.2. The van der Waals surface area contributed by atoms with Crippen molar-refractivity contribution in [2.75, 3.05) is 18.0 Å². The van der Waals surface area contributed by atoms with Crippen LogP contribution in [0.15, 0.2) is 35.2 Å². The molecule has 0 spiro atoms. The Morgan fingerprint density at radius 2 is 2.21 bits per heavy atom. The molecule has 3 rings (SSSR count). The maximum Gasteiger partial charge on any atom is 0.213 e. The molecule has 2 heterocycles. The number of nitrogens with zero attached hydrogens (tertiary/aromatic N) is 3. The largest absolute Gasteiger partial charge is 0.286 e. The fourth-order valence-electron chi connectivity index (χ4n) is 2.18. The van der Waals surface area contributed by atoms with Gasteiger partial charge in [0.25, 0.3) is 0 Å². The molecule has 0 aliphatic carbocycles. The van der Waals surface area contributed by atoms with Crippen LogP contribution in [-0.2, 0) is 0 Å². The molecule has 0 fully saturated rings. The van der Waals surface area contributed by atoms with Gasteiger partial charge in [-0.1, -0.05) is 23.8 Å². The van der Waals surface area contributed by atoms with Crippen LogP contribution in [0, 0.1) is 6.92 Å². The van der Waals surface area contributed by atoms with Crippen molar-refractivity contribution >= 4 is 40.5 Å². The van der Waals surface area contributed by atoms with Gasteiger partial charge in [-0.15, -0.1) is 0 Å². The first kappa shape index (κ1) is 12.6. The lowest BCUT2D eigenvalue weighted by molar-refractivity contribution is 0.404. The molecule has 0 unspecified atom stereocenters. The fraction of sp³-hybridized carbons (Fsp3) is 0.231. The van der Waals surface area contributed by atoms with E-state index >= 15 is 0 Å². The standard InChI is InChI=1S/C13H11ClFN3S/c1-8-6-9(2-3-10(8)14)18-12(19)7-11(15)17-5-4-16-13(17)18/h2-3,6-7H,4-5H2,1H3. The number of thiocarbonyl (C=S) groups is 1. The quantitative estimate of drug-likeness (QED) is 0.585. The van der Waals surface area contributed by atoms with Gasteiger partial charge in [0.1, 0.15) is 4.99 Å². The van der Waals surface area contributed by atoms with Crippen LogP contribution in [0.2, 0.25) is 5.02 Å². The number of aryl methyl sites for hydroxylation is 1. The Kier molecular flexibility index (Phi) is 3.03. The number of fused-ring (bicyclic) bond motifs is 1. The molecule has 0 saturated carbocycles. The second-order valence-corrected chi connectivity index (χ2v) is 5.23. The number of hydrogen-bond acceptors (Lipinski definition) is 3. The predicted octanol–water partition coefficient (Wildman–Crippen LogP) is 3.28. The number of anilines is 1. The number of benzene rings is 1. The third kappa shape index (κ3) is 2.03. The third-order valence-electron chi connectivity index (χ3n) is 3.14. The number of halogens is 2. The summed E-state index contributed by atoms with van der Waals surface area (Å²) in [6.45, 7) is 3.04. The number of aliphatic imine (C=N–C) groups is 1. The molecule has 0 amide bonds. The SMILES string of the molecule is Cc1cc(N2C(=S)C=C(F)N3CCN=C32)ccc1Cl. The summed E-state index contributed by atoms with van der Waals surface area (Å²) in [5, 5.41) is 0.693. The summed E-state index contributed by atoms with van der Waals surface area (Å²) in [5.41, 5.74) is 1.79. The van der Waals surface area contributed by atoms with Crippen LogP contribution in [0.4, 0.5) is 10.1 Å². The zero-order chi connectivity index (χ0) is 13.6. The van der Waals surface area contributed by atoms with Gasteiger partial charge in [-0.2, -0.15) is 4.39 Å². The van der Waals surface area contributed by atoms with Crippen LogP contribution in [-0.4, -0.2) is 28.9 Å². The van der Waals surface area contributed by atoms with Crippen molar-refractivity contribution in [1.29, 1.82) is 0 Å². The van der Waals surface area contributed by atoms with Gasteiger partial charge in [-0.25, -0.2) is 0 Å². The Hall–Kier alpha value is -1.46. The molecule has 98 valence electrons. The monoisotopic (exact) mass is 295 g/mol. The van der Waals surface area contributed by atoms with Gasteiger partial charge < -0.3 is 0 Å². The molecule has 0 aromatic heterocycles. The van der Waals surface area contributed by atoms with E-state index in [-0.39, 0.29) is 5.95 Å². The van der Waals surface area contributed by atoms with E-state index in [9.17, 15) is 4.39 Å². The minimum Gasteiger partial charge on any atom is -0.286 e. The fourth-order valence-corrected chi connectivity index (χ4v) is 2.58. The summed E-state index contributed by atoms with van der Waals surface area (Å²) >= 11 is 11.3. The molecule has 1 aromatic rings. The summed E-state index contributed by atoms with van der Waals surface area (Å²) < 4.78 is 13.8. The molecular formula is C13H11ClFN3S. The summed E-state index contributed by atoms with van der Waals surface area (Å²) in [6, 6.07) is 5.59. The molecule has 0 saturated heterocycles. The molecule has 6 heteroatoms. The van der Waals surface area contributed by atoms with Gasteiger partial charge in [0.2, 0.25) is 5.96 Å². The van der Waals surface area contributed by atoms with Gasteiger partial charge in [-0.05, 0) is 30.7 Å². The molecule has 1 aromatic carbocycles. The highest BCUT2D eigenvalue weighted by Crippen LogP contribution is 2.29. The van der Waals surface area contributed by atoms with E-state index < -0.39 is 0 Å². The van der Waals surface area contributed by atoms with E-state index in [1.165, 1.54) is 11.0 Å². The normalized spacial score (nSPS) is 18.4. The average Bonchev–Trinajstić information content (AvgIpc) is 2.83. The number of rotatable bonds is 1. The minimum atomic E-state index is -0.344. The lowest BCUT2D eigenvalue weighted by atomic mass is 10.2. The molecular weight excluding hydrogens is 285 g/mol. The summed E-state index contributed by atoms with van der Waals surface area (Å²) in [7, 11) is 0. The summed E-state index contributed by atoms with van der Waals surface area (Å²) in [6.07, 6.45) is 1.35. The predicted molar refractivity (Wildman–Crippen MR) is 79.5 cm³/mol. The van der Waals surface area contributed by atoms with Crippen LogP contribution < -0.4 is 4.90 Å². The smallest absolute Gasteiger partial charge is 0.213 e. The van der Waals surface area contributed by atoms with Crippen molar-refractivity contribution in [2.24, 2.45) is 4.99 Å². The molecule has 19 heavy (non-hydrogen) atoms. The molecule has 2 aliphatic rings. The Morgan fingerprint density at radius 3 is 2.95 bits per heavy atom. The van der Waals surface area contributed by atoms with Crippen molar-refractivity contribution in [1.82, 2.24) is 4.90 Å². The molecule has 0 N–H and O–H groups in total. The van der Waals surface area contributed by atoms with Crippen LogP contribution in [0.25, 0.3) is 0 Å². The van der Waals surface area contributed by atoms with E-state index in [2.05, 4.69) is 4.99 Å². The van der Waals surface area contributed by atoms with Crippen LogP contribution in [0.5, 0.6) is 0 Å². The lowest BCUT2D eigenvalue weighted by Crippen LogP contribution is -2.47. The highest BCUT2D eigenvalue weighted by Gasteiger charge is 2.33. The molecule has 0 atom stereocenters. The van der Waals surface area contributed by atoms with Gasteiger partial charge in [0.15, 0.2) is 5.95 Å². The highest BCUT2D eigenvalue weighted by atomic mass is 35.5. The first-order chi connectivity index (χ1) is 9.08. The summed E-state index contributed by atoms with van der Waals surface area (Å²) in [4.78, 5) is 8.03. The third-order valence-corrected chi connectivity index (χ3v) is 3.86. The minimum absolute atomic E-state index is 0.344. The number of guanidine groups is 1. The van der Waals surface area contributed by atoms with Crippen molar-refractivity contribution in [3.63, 3.8) is 0 Å². The van der Waals surface area contributed by atoms with Gasteiger partial charge in [0, 0.05) is 17.6 Å². The molecule has 3 nitrogen and oxygen atoms in total. The van der Waals surface area contributed by atoms with Gasteiger partial charge >= 0.3 is 0 Å². The van der Waals surface area contributed by atoms with Crippen LogP contribution in [0.1, 0.15) is 5.56 Å². The van der Waals surface area contributed by atoms with Crippen molar-refractivity contribution in [2.45, 2.75) is 6.92 Å². The second kappa shape index (κ2) is 4.58. The van der Waals surface area contributed by atoms with Crippen molar-refractivity contribution in [3.8, 4) is 0 Å². The van der Waals surface area contributed by atoms with E-state index in [0.29, 0.717) is 29.1 Å². The highest BCUT2D eigenvalue weighted by molar-refractivity contribution is 7.81. The van der Waals surface area contributed by atoms with Gasteiger partial charge in [0.05, 0.1) is 12.2 Å². The molecule has 0 bridgehead atoms. The Morgan fingerprint density at radius 1 is 1.42 bits per heavy atom. The topological polar surface area (TPSA) is 18.8 Å². The molecule has 0 radical (unpaired) electrons. The number of hydrogen-bond donors (Lipinski definition) is 0. The van der Waals surface area contributed by atoms with Crippen LogP contribution in [0.3, 0.4) is 0 Å². The summed E-state index contributed by atoms with van der Waals surface area (Å²) in [5.74, 6) is 0.204. The lowest BCUT2D eigenvalue weighted by Gasteiger charge is -2.33. The van der Waals surface area contributed by atoms with E-state index in [4.69, 9.17) is 23.8 Å². The van der Waals surface area contributed by atoms with Crippen molar-refractivity contribution in [3.05, 3.63) is 40.8 Å².